The fourth-order valence-electron chi connectivity index (χ4n) is 2.52. The van der Waals surface area contributed by atoms with Crippen LogP contribution >= 0.6 is 0 Å². The van der Waals surface area contributed by atoms with E-state index in [2.05, 4.69) is 5.32 Å². The van der Waals surface area contributed by atoms with Crippen LogP contribution in [-0.4, -0.2) is 27.2 Å². The number of nitrogens with one attached hydrogen (secondary N) is 1. The fraction of sp³-hybridized carbons (Fsp3) is 0.316. The molecule has 0 aromatic heterocycles. The number of ether oxygens (including phenoxy) is 3. The molecule has 0 radical (unpaired) electrons. The number of amides is 1. The molecule has 0 spiro atoms. The van der Waals surface area contributed by atoms with Gasteiger partial charge in [-0.15, -0.1) is 0 Å². The Morgan fingerprint density at radius 1 is 1.00 bits per heavy atom. The molecule has 1 N–H and O–H groups in total. The van der Waals surface area contributed by atoms with E-state index in [9.17, 15) is 4.79 Å². The van der Waals surface area contributed by atoms with Crippen molar-refractivity contribution in [3.63, 3.8) is 0 Å². The van der Waals surface area contributed by atoms with Gasteiger partial charge < -0.3 is 19.5 Å². The van der Waals surface area contributed by atoms with E-state index in [1.807, 2.05) is 31.2 Å². The average molecular weight is 329 g/mol. The molecule has 0 aliphatic heterocycles. The van der Waals surface area contributed by atoms with Crippen molar-refractivity contribution in [1.82, 2.24) is 5.32 Å². The summed E-state index contributed by atoms with van der Waals surface area (Å²) in [6, 6.07) is 11.3. The summed E-state index contributed by atoms with van der Waals surface area (Å²) >= 11 is 0. The zero-order valence-corrected chi connectivity index (χ0v) is 14.5. The molecule has 1 amide bonds. The molecule has 2 aromatic carbocycles. The molecule has 0 saturated carbocycles. The molecule has 2 aromatic rings. The van der Waals surface area contributed by atoms with Crippen LogP contribution in [0.4, 0.5) is 0 Å². The largest absolute Gasteiger partial charge is 0.496 e. The maximum atomic E-state index is 12.5. The van der Waals surface area contributed by atoms with Gasteiger partial charge in [0.25, 0.3) is 5.91 Å². The molecule has 0 heterocycles. The van der Waals surface area contributed by atoms with Gasteiger partial charge in [-0.05, 0) is 30.2 Å². The highest BCUT2D eigenvalue weighted by atomic mass is 16.5. The first kappa shape index (κ1) is 17.8. The number of methoxy groups -OCH3 is 3. The first-order valence-electron chi connectivity index (χ1n) is 7.67. The summed E-state index contributed by atoms with van der Waals surface area (Å²) in [6.07, 6.45) is 0. The fourth-order valence-corrected chi connectivity index (χ4v) is 2.52. The molecule has 0 aliphatic rings. The summed E-state index contributed by atoms with van der Waals surface area (Å²) in [5.74, 6) is 1.07. The number of hydrogen-bond acceptors (Lipinski definition) is 4. The summed E-state index contributed by atoms with van der Waals surface area (Å²) in [5, 5.41) is 2.93. The maximum Gasteiger partial charge on any atom is 0.251 e. The Kier molecular flexibility index (Phi) is 6.21. The molecular weight excluding hydrogens is 306 g/mol. The Morgan fingerprint density at radius 3 is 2.12 bits per heavy atom. The molecule has 24 heavy (non-hydrogen) atoms. The van der Waals surface area contributed by atoms with E-state index in [1.165, 1.54) is 0 Å². The average Bonchev–Trinajstić information content (AvgIpc) is 2.61. The van der Waals surface area contributed by atoms with Crippen molar-refractivity contribution in [1.29, 1.82) is 0 Å². The predicted molar refractivity (Wildman–Crippen MR) is 92.6 cm³/mol. The minimum Gasteiger partial charge on any atom is -0.496 e. The molecule has 5 nitrogen and oxygen atoms in total. The second-order valence-corrected chi connectivity index (χ2v) is 5.39. The third kappa shape index (κ3) is 4.06. The summed E-state index contributed by atoms with van der Waals surface area (Å²) in [4.78, 5) is 12.5. The lowest BCUT2D eigenvalue weighted by molar-refractivity contribution is 0.0949. The zero-order valence-electron chi connectivity index (χ0n) is 14.5. The molecule has 0 bridgehead atoms. The third-order valence-electron chi connectivity index (χ3n) is 3.87. The van der Waals surface area contributed by atoms with Crippen molar-refractivity contribution >= 4 is 5.91 Å². The minimum atomic E-state index is -0.182. The van der Waals surface area contributed by atoms with Gasteiger partial charge in [0, 0.05) is 24.8 Å². The van der Waals surface area contributed by atoms with E-state index in [1.54, 1.807) is 33.5 Å². The van der Waals surface area contributed by atoms with Crippen molar-refractivity contribution < 1.29 is 19.0 Å². The van der Waals surface area contributed by atoms with E-state index < -0.39 is 0 Å². The number of benzene rings is 2. The van der Waals surface area contributed by atoms with Crippen LogP contribution in [0.25, 0.3) is 0 Å². The molecule has 5 heteroatoms. The number of hydrogen-bond donors (Lipinski definition) is 1. The molecule has 2 rings (SSSR count). The van der Waals surface area contributed by atoms with E-state index in [0.717, 1.165) is 16.7 Å². The third-order valence-corrected chi connectivity index (χ3v) is 3.87. The van der Waals surface area contributed by atoms with E-state index >= 15 is 0 Å². The summed E-state index contributed by atoms with van der Waals surface area (Å²) in [6.45, 7) is 2.83. The first-order chi connectivity index (χ1) is 11.6. The van der Waals surface area contributed by atoms with Gasteiger partial charge in [-0.3, -0.25) is 4.79 Å². The maximum absolute atomic E-state index is 12.5. The quantitative estimate of drug-likeness (QED) is 0.848. The lowest BCUT2D eigenvalue weighted by Gasteiger charge is -2.13. The van der Waals surface area contributed by atoms with Crippen molar-refractivity contribution in [2.24, 2.45) is 0 Å². The van der Waals surface area contributed by atoms with Crippen LogP contribution in [0.2, 0.25) is 0 Å². The zero-order chi connectivity index (χ0) is 17.5. The lowest BCUT2D eigenvalue weighted by atomic mass is 10.1. The second kappa shape index (κ2) is 8.36. The number of carbonyl (C=O) groups excluding carboxylic acids is 1. The predicted octanol–water partition coefficient (Wildman–Crippen LogP) is 3.09. The van der Waals surface area contributed by atoms with Crippen LogP contribution in [0.3, 0.4) is 0 Å². The SMILES string of the molecule is COCc1ccccc1CNC(=O)c1cc(OC)c(C)c(OC)c1. The second-order valence-electron chi connectivity index (χ2n) is 5.39. The number of carbonyl (C=O) groups is 1. The highest BCUT2D eigenvalue weighted by Gasteiger charge is 2.14. The standard InChI is InChI=1S/C19H23NO4/c1-13-17(23-3)9-16(10-18(13)24-4)19(21)20-11-14-7-5-6-8-15(14)12-22-2/h5-10H,11-12H2,1-4H3,(H,20,21). The van der Waals surface area contributed by atoms with Crippen LogP contribution in [0.5, 0.6) is 11.5 Å². The van der Waals surface area contributed by atoms with Gasteiger partial charge in [-0.2, -0.15) is 0 Å². The summed E-state index contributed by atoms with van der Waals surface area (Å²) in [7, 11) is 4.80. The van der Waals surface area contributed by atoms with Crippen LogP contribution < -0.4 is 14.8 Å². The van der Waals surface area contributed by atoms with Gasteiger partial charge in [-0.25, -0.2) is 0 Å². The Hall–Kier alpha value is -2.53. The topological polar surface area (TPSA) is 56.8 Å². The summed E-state index contributed by atoms with van der Waals surface area (Å²) < 4.78 is 15.8. The molecule has 0 saturated heterocycles. The molecule has 0 atom stereocenters. The van der Waals surface area contributed by atoms with E-state index in [-0.39, 0.29) is 5.91 Å². The Balaban J connectivity index is 2.16. The van der Waals surface area contributed by atoms with Gasteiger partial charge in [0.05, 0.1) is 20.8 Å². The molecule has 0 unspecified atom stereocenters. The van der Waals surface area contributed by atoms with Crippen LogP contribution in [0.1, 0.15) is 27.0 Å². The van der Waals surface area contributed by atoms with Crippen LogP contribution in [0.15, 0.2) is 36.4 Å². The normalized spacial score (nSPS) is 10.3. The van der Waals surface area contributed by atoms with Crippen molar-refractivity contribution in [3.8, 4) is 11.5 Å². The van der Waals surface area contributed by atoms with Crippen LogP contribution in [0, 0.1) is 6.92 Å². The van der Waals surface area contributed by atoms with Crippen molar-refractivity contribution in [2.75, 3.05) is 21.3 Å². The molecular formula is C19H23NO4. The molecule has 0 fully saturated rings. The minimum absolute atomic E-state index is 0.182. The van der Waals surface area contributed by atoms with Gasteiger partial charge in [0.2, 0.25) is 0 Å². The Labute approximate surface area is 142 Å². The summed E-state index contributed by atoms with van der Waals surface area (Å²) in [5.41, 5.74) is 3.44. The Morgan fingerprint density at radius 2 is 1.58 bits per heavy atom. The lowest BCUT2D eigenvalue weighted by Crippen LogP contribution is -2.23. The Bertz CT molecular complexity index is 687. The molecule has 128 valence electrons. The number of rotatable bonds is 7. The van der Waals surface area contributed by atoms with Gasteiger partial charge in [0.15, 0.2) is 0 Å². The van der Waals surface area contributed by atoms with Gasteiger partial charge in [-0.1, -0.05) is 24.3 Å². The van der Waals surface area contributed by atoms with E-state index in [4.69, 9.17) is 14.2 Å². The van der Waals surface area contributed by atoms with Crippen LogP contribution in [-0.2, 0) is 17.9 Å². The monoisotopic (exact) mass is 329 g/mol. The van der Waals surface area contributed by atoms with Crippen molar-refractivity contribution in [3.05, 3.63) is 58.7 Å². The first-order valence-corrected chi connectivity index (χ1v) is 7.67. The van der Waals surface area contributed by atoms with Crippen molar-refractivity contribution in [2.45, 2.75) is 20.1 Å². The highest BCUT2D eigenvalue weighted by molar-refractivity contribution is 5.95. The molecule has 0 aliphatic carbocycles. The van der Waals surface area contributed by atoms with Gasteiger partial charge >= 0.3 is 0 Å². The smallest absolute Gasteiger partial charge is 0.251 e. The van der Waals surface area contributed by atoms with E-state index in [0.29, 0.717) is 30.2 Å². The van der Waals surface area contributed by atoms with Gasteiger partial charge in [0.1, 0.15) is 11.5 Å². The highest BCUT2D eigenvalue weighted by Crippen LogP contribution is 2.29.